The third-order valence-electron chi connectivity index (χ3n) is 5.12. The van der Waals surface area contributed by atoms with E-state index in [1.807, 2.05) is 47.0 Å². The lowest BCUT2D eigenvalue weighted by molar-refractivity contribution is -0.166. The number of aromatic nitrogens is 2. The Bertz CT molecular complexity index is 962. The summed E-state index contributed by atoms with van der Waals surface area (Å²) < 4.78 is 7.47. The van der Waals surface area contributed by atoms with Crippen molar-refractivity contribution in [2.24, 2.45) is 0 Å². The van der Waals surface area contributed by atoms with Gasteiger partial charge in [-0.05, 0) is 49.4 Å². The zero-order valence-corrected chi connectivity index (χ0v) is 15.7. The van der Waals surface area contributed by atoms with Gasteiger partial charge in [0.1, 0.15) is 12.4 Å². The molecule has 1 heterocycles. The van der Waals surface area contributed by atoms with Crippen LogP contribution in [0.15, 0.2) is 48.5 Å². The molecule has 3 aromatic rings. The maximum Gasteiger partial charge on any atom is 0.338 e. The third-order valence-corrected chi connectivity index (χ3v) is 5.35. The summed E-state index contributed by atoms with van der Waals surface area (Å²) in [4.78, 5) is 17.0. The van der Waals surface area contributed by atoms with Gasteiger partial charge in [0, 0.05) is 11.6 Å². The fourth-order valence-corrected chi connectivity index (χ4v) is 3.80. The molecular formula is C21H21ClN2O3. The number of fused-ring (bicyclic) bond motifs is 1. The molecule has 0 bridgehead atoms. The predicted molar refractivity (Wildman–Crippen MR) is 104 cm³/mol. The lowest BCUT2D eigenvalue weighted by atomic mass is 10.0. The second-order valence-corrected chi connectivity index (χ2v) is 7.48. The predicted octanol–water partition coefficient (Wildman–Crippen LogP) is 4.09. The highest BCUT2D eigenvalue weighted by Gasteiger charge is 2.40. The quantitative estimate of drug-likeness (QED) is 0.673. The summed E-state index contributed by atoms with van der Waals surface area (Å²) in [5.74, 6) is 0.0717. The summed E-state index contributed by atoms with van der Waals surface area (Å²) in [6, 6.07) is 15.6. The van der Waals surface area contributed by atoms with Gasteiger partial charge in [-0.3, -0.25) is 0 Å². The minimum atomic E-state index is -1.35. The van der Waals surface area contributed by atoms with Crippen molar-refractivity contribution in [2.75, 3.05) is 0 Å². The second kappa shape index (κ2) is 7.33. The van der Waals surface area contributed by atoms with Gasteiger partial charge < -0.3 is 14.4 Å². The Hall–Kier alpha value is -2.37. The Morgan fingerprint density at radius 3 is 2.67 bits per heavy atom. The van der Waals surface area contributed by atoms with Crippen molar-refractivity contribution in [3.63, 3.8) is 0 Å². The standard InChI is InChI=1S/C21H21ClN2O3/c22-16-8-9-18-17(12-16)23-19(24(18)13-15-6-2-1-3-7-15)14-27-20(25)21(26)10-4-5-11-21/h1-3,6-9,12,26H,4-5,10-11,13-14H2. The minimum Gasteiger partial charge on any atom is -0.455 e. The highest BCUT2D eigenvalue weighted by atomic mass is 35.5. The maximum absolute atomic E-state index is 12.3. The lowest BCUT2D eigenvalue weighted by Gasteiger charge is -2.19. The Kier molecular flexibility index (Phi) is 4.89. The number of rotatable bonds is 5. The molecule has 140 valence electrons. The van der Waals surface area contributed by atoms with Crippen LogP contribution in [0.2, 0.25) is 5.02 Å². The van der Waals surface area contributed by atoms with Crippen LogP contribution in [0.3, 0.4) is 0 Å². The van der Waals surface area contributed by atoms with Crippen LogP contribution in [-0.4, -0.2) is 26.2 Å². The van der Waals surface area contributed by atoms with Crippen LogP contribution >= 0.6 is 11.6 Å². The van der Waals surface area contributed by atoms with Crippen molar-refractivity contribution in [2.45, 2.75) is 44.4 Å². The smallest absolute Gasteiger partial charge is 0.338 e. The van der Waals surface area contributed by atoms with E-state index in [9.17, 15) is 9.90 Å². The number of hydrogen-bond acceptors (Lipinski definition) is 4. The van der Waals surface area contributed by atoms with Crippen LogP contribution in [-0.2, 0) is 22.7 Å². The topological polar surface area (TPSA) is 64.3 Å². The Balaban J connectivity index is 1.62. The summed E-state index contributed by atoms with van der Waals surface area (Å²) >= 11 is 6.10. The van der Waals surface area contributed by atoms with Gasteiger partial charge in [0.05, 0.1) is 11.0 Å². The molecular weight excluding hydrogens is 364 g/mol. The van der Waals surface area contributed by atoms with E-state index in [0.717, 1.165) is 29.4 Å². The lowest BCUT2D eigenvalue weighted by Crippen LogP contribution is -2.37. The molecule has 0 unspecified atom stereocenters. The van der Waals surface area contributed by atoms with Gasteiger partial charge in [-0.2, -0.15) is 0 Å². The molecule has 0 spiro atoms. The largest absolute Gasteiger partial charge is 0.455 e. The average molecular weight is 385 g/mol. The molecule has 5 nitrogen and oxygen atoms in total. The summed E-state index contributed by atoms with van der Waals surface area (Å²) in [5, 5.41) is 11.0. The van der Waals surface area contributed by atoms with Gasteiger partial charge in [0.2, 0.25) is 0 Å². The van der Waals surface area contributed by atoms with Gasteiger partial charge in [0.25, 0.3) is 0 Å². The number of ether oxygens (including phenoxy) is 1. The first-order chi connectivity index (χ1) is 13.0. The second-order valence-electron chi connectivity index (χ2n) is 7.05. The first kappa shape index (κ1) is 18.0. The van der Waals surface area contributed by atoms with E-state index in [2.05, 4.69) is 4.98 Å². The number of hydrogen-bond donors (Lipinski definition) is 1. The molecule has 1 N–H and O–H groups in total. The summed E-state index contributed by atoms with van der Waals surface area (Å²) in [7, 11) is 0. The molecule has 2 aromatic carbocycles. The summed E-state index contributed by atoms with van der Waals surface area (Å²) in [6.45, 7) is 0.621. The van der Waals surface area contributed by atoms with Crippen LogP contribution < -0.4 is 0 Å². The molecule has 1 aromatic heterocycles. The monoisotopic (exact) mass is 384 g/mol. The van der Waals surface area contributed by atoms with Crippen molar-refractivity contribution in [1.29, 1.82) is 0 Å². The van der Waals surface area contributed by atoms with Gasteiger partial charge >= 0.3 is 5.97 Å². The van der Waals surface area contributed by atoms with Crippen molar-refractivity contribution in [3.8, 4) is 0 Å². The van der Waals surface area contributed by atoms with Gasteiger partial charge in [-0.1, -0.05) is 41.9 Å². The minimum absolute atomic E-state index is 0.0142. The van der Waals surface area contributed by atoms with E-state index in [4.69, 9.17) is 16.3 Å². The van der Waals surface area contributed by atoms with E-state index < -0.39 is 11.6 Å². The number of imidazole rings is 1. The zero-order valence-electron chi connectivity index (χ0n) is 14.9. The van der Waals surface area contributed by atoms with Crippen molar-refractivity contribution in [1.82, 2.24) is 9.55 Å². The van der Waals surface area contributed by atoms with Gasteiger partial charge in [-0.25, -0.2) is 9.78 Å². The molecule has 1 aliphatic carbocycles. The molecule has 4 rings (SSSR count). The number of aliphatic hydroxyl groups is 1. The van der Waals surface area contributed by atoms with Crippen LogP contribution in [0.4, 0.5) is 0 Å². The van der Waals surface area contributed by atoms with Crippen molar-refractivity contribution < 1.29 is 14.6 Å². The molecule has 1 fully saturated rings. The van der Waals surface area contributed by atoms with E-state index in [1.165, 1.54) is 0 Å². The first-order valence-electron chi connectivity index (χ1n) is 9.13. The molecule has 0 radical (unpaired) electrons. The van der Waals surface area contributed by atoms with Crippen molar-refractivity contribution >= 4 is 28.6 Å². The van der Waals surface area contributed by atoms with E-state index in [0.29, 0.717) is 30.2 Å². The van der Waals surface area contributed by atoms with Crippen LogP contribution in [0.25, 0.3) is 11.0 Å². The van der Waals surface area contributed by atoms with E-state index >= 15 is 0 Å². The Morgan fingerprint density at radius 1 is 1.19 bits per heavy atom. The number of esters is 1. The SMILES string of the molecule is O=C(OCc1nc2cc(Cl)ccc2n1Cc1ccccc1)C1(O)CCCC1. The number of benzene rings is 2. The van der Waals surface area contributed by atoms with Gasteiger partial charge in [-0.15, -0.1) is 0 Å². The fourth-order valence-electron chi connectivity index (χ4n) is 3.63. The zero-order chi connectivity index (χ0) is 18.9. The molecule has 6 heteroatoms. The Labute approximate surface area is 162 Å². The first-order valence-corrected chi connectivity index (χ1v) is 9.51. The summed E-state index contributed by atoms with van der Waals surface area (Å²) in [6.07, 6.45) is 2.61. The Morgan fingerprint density at radius 2 is 1.93 bits per heavy atom. The van der Waals surface area contributed by atoms with Crippen molar-refractivity contribution in [3.05, 3.63) is 64.9 Å². The third kappa shape index (κ3) is 3.70. The van der Waals surface area contributed by atoms with E-state index in [1.54, 1.807) is 6.07 Å². The molecule has 0 atom stereocenters. The highest BCUT2D eigenvalue weighted by Crippen LogP contribution is 2.31. The number of nitrogens with zero attached hydrogens (tertiary/aromatic N) is 2. The molecule has 0 amide bonds. The van der Waals surface area contributed by atoms with Crippen LogP contribution in [0.5, 0.6) is 0 Å². The molecule has 1 saturated carbocycles. The average Bonchev–Trinajstić information content (AvgIpc) is 3.25. The highest BCUT2D eigenvalue weighted by molar-refractivity contribution is 6.31. The number of halogens is 1. The summed E-state index contributed by atoms with van der Waals surface area (Å²) in [5.41, 5.74) is 1.45. The normalized spacial score (nSPS) is 15.9. The molecule has 27 heavy (non-hydrogen) atoms. The van der Waals surface area contributed by atoms with E-state index in [-0.39, 0.29) is 6.61 Å². The molecule has 0 saturated heterocycles. The van der Waals surface area contributed by atoms with Crippen LogP contribution in [0, 0.1) is 0 Å². The number of carbonyl (C=O) groups excluding carboxylic acids is 1. The van der Waals surface area contributed by atoms with Gasteiger partial charge in [0.15, 0.2) is 5.60 Å². The number of carbonyl (C=O) groups is 1. The maximum atomic E-state index is 12.3. The fraction of sp³-hybridized carbons (Fsp3) is 0.333. The molecule has 0 aliphatic heterocycles. The van der Waals surface area contributed by atoms with Crippen LogP contribution in [0.1, 0.15) is 37.1 Å². The molecule has 1 aliphatic rings.